The molecule has 0 aliphatic carbocycles. The fourth-order valence-corrected chi connectivity index (χ4v) is 2.77. The summed E-state index contributed by atoms with van der Waals surface area (Å²) < 4.78 is 0. The van der Waals surface area contributed by atoms with Crippen molar-refractivity contribution in [2.75, 3.05) is 0 Å². The van der Waals surface area contributed by atoms with Gasteiger partial charge in [-0.2, -0.15) is 11.3 Å². The molecule has 0 fully saturated rings. The van der Waals surface area contributed by atoms with Crippen molar-refractivity contribution >= 4 is 17.3 Å². The van der Waals surface area contributed by atoms with Gasteiger partial charge in [0.05, 0.1) is 5.92 Å². The number of benzene rings is 1. The largest absolute Gasteiger partial charge is 0.481 e. The van der Waals surface area contributed by atoms with Crippen molar-refractivity contribution in [3.63, 3.8) is 0 Å². The Hall–Kier alpha value is -1.61. The van der Waals surface area contributed by atoms with Gasteiger partial charge in [0.1, 0.15) is 0 Å². The minimum absolute atomic E-state index is 0.384. The highest BCUT2D eigenvalue weighted by Crippen LogP contribution is 2.22. The fraction of sp³-hybridized carbons (Fsp3) is 0.267. The van der Waals surface area contributed by atoms with Crippen molar-refractivity contribution in [3.05, 3.63) is 58.3 Å². The van der Waals surface area contributed by atoms with E-state index in [9.17, 15) is 9.90 Å². The second-order valence-electron chi connectivity index (χ2n) is 4.33. The van der Waals surface area contributed by atoms with E-state index in [-0.39, 0.29) is 5.92 Å². The average Bonchev–Trinajstić information content (AvgIpc) is 2.88. The van der Waals surface area contributed by atoms with Gasteiger partial charge in [0.2, 0.25) is 0 Å². The number of carboxylic acids is 1. The van der Waals surface area contributed by atoms with Crippen molar-refractivity contribution in [2.24, 2.45) is 0 Å². The SMILES string of the molecule is O=C(O)C(CCCc1ccsc1)c1ccccc1. The lowest BCUT2D eigenvalue weighted by Crippen LogP contribution is -2.11. The van der Waals surface area contributed by atoms with Gasteiger partial charge in [0.15, 0.2) is 0 Å². The zero-order valence-electron chi connectivity index (χ0n) is 10.1. The number of carbonyl (C=O) groups is 1. The minimum atomic E-state index is -0.730. The molecule has 1 aromatic heterocycles. The normalized spacial score (nSPS) is 12.2. The molecule has 0 radical (unpaired) electrons. The Bertz CT molecular complexity index is 476. The van der Waals surface area contributed by atoms with Crippen LogP contribution in [0.3, 0.4) is 0 Å². The molecule has 2 nitrogen and oxygen atoms in total. The molecule has 2 aromatic rings. The molecule has 1 N–H and O–H groups in total. The van der Waals surface area contributed by atoms with Gasteiger partial charge in [-0.05, 0) is 47.2 Å². The van der Waals surface area contributed by atoms with E-state index in [2.05, 4.69) is 16.8 Å². The number of aryl methyl sites for hydroxylation is 1. The van der Waals surface area contributed by atoms with Gasteiger partial charge in [-0.15, -0.1) is 0 Å². The van der Waals surface area contributed by atoms with Crippen LogP contribution in [0.1, 0.15) is 29.9 Å². The highest BCUT2D eigenvalue weighted by Gasteiger charge is 2.18. The maximum Gasteiger partial charge on any atom is 0.310 e. The van der Waals surface area contributed by atoms with E-state index in [4.69, 9.17) is 0 Å². The van der Waals surface area contributed by atoms with Crippen LogP contribution in [0.2, 0.25) is 0 Å². The summed E-state index contributed by atoms with van der Waals surface area (Å²) >= 11 is 1.68. The lowest BCUT2D eigenvalue weighted by molar-refractivity contribution is -0.139. The topological polar surface area (TPSA) is 37.3 Å². The number of hydrogen-bond donors (Lipinski definition) is 1. The minimum Gasteiger partial charge on any atom is -0.481 e. The van der Waals surface area contributed by atoms with E-state index in [1.54, 1.807) is 11.3 Å². The van der Waals surface area contributed by atoms with Gasteiger partial charge in [-0.1, -0.05) is 30.3 Å². The molecule has 18 heavy (non-hydrogen) atoms. The summed E-state index contributed by atoms with van der Waals surface area (Å²) in [5.74, 6) is -1.11. The van der Waals surface area contributed by atoms with Crippen LogP contribution in [0.15, 0.2) is 47.2 Å². The van der Waals surface area contributed by atoms with E-state index in [1.807, 2.05) is 30.3 Å². The van der Waals surface area contributed by atoms with Crippen molar-refractivity contribution in [1.82, 2.24) is 0 Å². The molecule has 0 spiro atoms. The zero-order chi connectivity index (χ0) is 12.8. The van der Waals surface area contributed by atoms with Gasteiger partial charge >= 0.3 is 5.97 Å². The molecule has 1 atom stereocenters. The van der Waals surface area contributed by atoms with Crippen molar-refractivity contribution in [1.29, 1.82) is 0 Å². The van der Waals surface area contributed by atoms with E-state index < -0.39 is 5.97 Å². The molecule has 0 saturated heterocycles. The number of thiophene rings is 1. The quantitative estimate of drug-likeness (QED) is 0.854. The van der Waals surface area contributed by atoms with Crippen LogP contribution in [-0.2, 0) is 11.2 Å². The zero-order valence-corrected chi connectivity index (χ0v) is 10.9. The van der Waals surface area contributed by atoms with Crippen molar-refractivity contribution in [3.8, 4) is 0 Å². The Morgan fingerprint density at radius 1 is 1.22 bits per heavy atom. The lowest BCUT2D eigenvalue weighted by Gasteiger charge is -2.12. The lowest BCUT2D eigenvalue weighted by atomic mass is 9.93. The molecule has 1 unspecified atom stereocenters. The van der Waals surface area contributed by atoms with Gasteiger partial charge in [0.25, 0.3) is 0 Å². The van der Waals surface area contributed by atoms with Gasteiger partial charge < -0.3 is 5.11 Å². The monoisotopic (exact) mass is 260 g/mol. The molecular weight excluding hydrogens is 244 g/mol. The van der Waals surface area contributed by atoms with Crippen LogP contribution in [0, 0.1) is 0 Å². The van der Waals surface area contributed by atoms with Crippen molar-refractivity contribution < 1.29 is 9.90 Å². The third kappa shape index (κ3) is 3.44. The first kappa shape index (κ1) is 12.8. The predicted octanol–water partition coefficient (Wildman–Crippen LogP) is 3.94. The number of carboxylic acid groups (broad SMARTS) is 1. The molecule has 0 bridgehead atoms. The molecule has 94 valence electrons. The molecule has 2 rings (SSSR count). The third-order valence-electron chi connectivity index (χ3n) is 3.04. The first-order valence-corrected chi connectivity index (χ1v) is 7.00. The Labute approximate surface area is 111 Å². The first-order chi connectivity index (χ1) is 8.77. The molecule has 0 amide bonds. The van der Waals surface area contributed by atoms with E-state index in [0.717, 1.165) is 18.4 Å². The Morgan fingerprint density at radius 2 is 2.00 bits per heavy atom. The highest BCUT2D eigenvalue weighted by molar-refractivity contribution is 7.07. The summed E-state index contributed by atoms with van der Waals surface area (Å²) in [5.41, 5.74) is 2.20. The standard InChI is InChI=1S/C15H16O2S/c16-15(17)14(13-6-2-1-3-7-13)8-4-5-12-9-10-18-11-12/h1-3,6-7,9-11,14H,4-5,8H2,(H,16,17). The molecular formula is C15H16O2S. The van der Waals surface area contributed by atoms with Gasteiger partial charge in [-0.3, -0.25) is 4.79 Å². The first-order valence-electron chi connectivity index (χ1n) is 6.06. The van der Waals surface area contributed by atoms with Crippen molar-refractivity contribution in [2.45, 2.75) is 25.2 Å². The fourth-order valence-electron chi connectivity index (χ4n) is 2.06. The maximum atomic E-state index is 11.3. The average molecular weight is 260 g/mol. The molecule has 0 aliphatic heterocycles. The number of aliphatic carboxylic acids is 1. The Balaban J connectivity index is 1.93. The Morgan fingerprint density at radius 3 is 2.61 bits per heavy atom. The Kier molecular flexibility index (Phi) is 4.53. The van der Waals surface area contributed by atoms with Gasteiger partial charge in [-0.25, -0.2) is 0 Å². The van der Waals surface area contributed by atoms with Crippen LogP contribution in [-0.4, -0.2) is 11.1 Å². The summed E-state index contributed by atoms with van der Waals surface area (Å²) in [6.45, 7) is 0. The van der Waals surface area contributed by atoms with Crippen LogP contribution >= 0.6 is 11.3 Å². The molecule has 3 heteroatoms. The molecule has 0 aliphatic rings. The summed E-state index contributed by atoms with van der Waals surface area (Å²) in [6.07, 6.45) is 2.55. The molecule has 0 saturated carbocycles. The molecule has 1 aromatic carbocycles. The number of hydrogen-bond acceptors (Lipinski definition) is 2. The van der Waals surface area contributed by atoms with Crippen LogP contribution in [0.4, 0.5) is 0 Å². The third-order valence-corrected chi connectivity index (χ3v) is 3.77. The summed E-state index contributed by atoms with van der Waals surface area (Å²) in [5, 5.41) is 13.5. The molecule has 1 heterocycles. The van der Waals surface area contributed by atoms with E-state index in [0.29, 0.717) is 6.42 Å². The van der Waals surface area contributed by atoms with Gasteiger partial charge in [0, 0.05) is 0 Å². The number of rotatable bonds is 6. The summed E-state index contributed by atoms with van der Waals surface area (Å²) in [6, 6.07) is 11.6. The summed E-state index contributed by atoms with van der Waals surface area (Å²) in [4.78, 5) is 11.3. The van der Waals surface area contributed by atoms with Crippen LogP contribution < -0.4 is 0 Å². The highest BCUT2D eigenvalue weighted by atomic mass is 32.1. The van der Waals surface area contributed by atoms with E-state index in [1.165, 1.54) is 5.56 Å². The maximum absolute atomic E-state index is 11.3. The summed E-state index contributed by atoms with van der Waals surface area (Å²) in [7, 11) is 0. The smallest absolute Gasteiger partial charge is 0.310 e. The van der Waals surface area contributed by atoms with E-state index >= 15 is 0 Å². The second kappa shape index (κ2) is 6.36. The predicted molar refractivity (Wildman–Crippen MR) is 74.1 cm³/mol. The van der Waals surface area contributed by atoms with Crippen LogP contribution in [0.5, 0.6) is 0 Å². The van der Waals surface area contributed by atoms with Crippen LogP contribution in [0.25, 0.3) is 0 Å². The second-order valence-corrected chi connectivity index (χ2v) is 5.11.